The first-order valence-electron chi connectivity index (χ1n) is 14.8. The fourth-order valence-corrected chi connectivity index (χ4v) is 6.06. The molecule has 12 heteroatoms. The molecule has 0 bridgehead atoms. The summed E-state index contributed by atoms with van der Waals surface area (Å²) < 4.78 is 10.3. The summed E-state index contributed by atoms with van der Waals surface area (Å²) in [6, 6.07) is 10.6. The maximum atomic E-state index is 12.8. The van der Waals surface area contributed by atoms with Gasteiger partial charge in [0, 0.05) is 68.0 Å². The number of nitrogens with zero attached hydrogens (tertiary/aromatic N) is 3. The number of anilines is 1. The van der Waals surface area contributed by atoms with Crippen LogP contribution in [0.5, 0.6) is 0 Å². The Kier molecular flexibility index (Phi) is 11.0. The van der Waals surface area contributed by atoms with Crippen LogP contribution >= 0.6 is 11.3 Å². The molecule has 3 heterocycles. The number of carbonyl (C=O) groups is 4. The summed E-state index contributed by atoms with van der Waals surface area (Å²) in [5, 5.41) is 7.27. The molecule has 4 rings (SSSR count). The van der Waals surface area contributed by atoms with Gasteiger partial charge in [0.15, 0.2) is 0 Å². The molecule has 1 aromatic carbocycles. The van der Waals surface area contributed by atoms with Crippen molar-refractivity contribution >= 4 is 40.9 Å². The Morgan fingerprint density at radius 1 is 0.977 bits per heavy atom. The second-order valence-corrected chi connectivity index (χ2v) is 12.9. The van der Waals surface area contributed by atoms with E-state index in [2.05, 4.69) is 20.4 Å². The molecule has 2 aliphatic rings. The van der Waals surface area contributed by atoms with Crippen LogP contribution in [0.1, 0.15) is 48.8 Å². The average Bonchev–Trinajstić information content (AvgIpc) is 3.51. The number of rotatable bonds is 9. The molecular formula is C31H43N5O6S. The number of likely N-dealkylation sites (tertiary alicyclic amines) is 1. The topological polar surface area (TPSA) is 121 Å². The van der Waals surface area contributed by atoms with Crippen LogP contribution in [0.15, 0.2) is 41.8 Å². The summed E-state index contributed by atoms with van der Waals surface area (Å²) in [6.07, 6.45) is 1.81. The fourth-order valence-electron chi connectivity index (χ4n) is 5.36. The highest BCUT2D eigenvalue weighted by Gasteiger charge is 2.31. The van der Waals surface area contributed by atoms with E-state index in [4.69, 9.17) is 9.47 Å². The van der Waals surface area contributed by atoms with Crippen molar-refractivity contribution in [1.29, 1.82) is 0 Å². The Hall–Kier alpha value is -3.64. The molecule has 43 heavy (non-hydrogen) atoms. The normalized spacial score (nSPS) is 17.2. The van der Waals surface area contributed by atoms with Gasteiger partial charge in [0.25, 0.3) is 5.91 Å². The van der Waals surface area contributed by atoms with Crippen LogP contribution in [0.25, 0.3) is 0 Å². The molecule has 2 aromatic rings. The molecule has 3 amide bonds. The summed E-state index contributed by atoms with van der Waals surface area (Å²) in [4.78, 5) is 57.3. The number of piperidine rings is 1. The third-order valence-corrected chi connectivity index (χ3v) is 8.52. The number of methoxy groups -OCH3 is 1. The number of amides is 3. The van der Waals surface area contributed by atoms with Crippen molar-refractivity contribution in [2.75, 3.05) is 57.8 Å². The lowest BCUT2D eigenvalue weighted by molar-refractivity contribution is -0.144. The van der Waals surface area contributed by atoms with Gasteiger partial charge >= 0.3 is 12.1 Å². The van der Waals surface area contributed by atoms with Crippen molar-refractivity contribution < 1.29 is 28.7 Å². The first-order valence-corrected chi connectivity index (χ1v) is 15.6. The summed E-state index contributed by atoms with van der Waals surface area (Å²) in [5.41, 5.74) is 1.03. The van der Waals surface area contributed by atoms with Crippen molar-refractivity contribution in [3.8, 4) is 0 Å². The minimum atomic E-state index is -0.985. The van der Waals surface area contributed by atoms with Gasteiger partial charge in [0.2, 0.25) is 5.91 Å². The Balaban J connectivity index is 1.21. The fraction of sp³-hybridized carbons (Fsp3) is 0.548. The monoisotopic (exact) mass is 613 g/mol. The third-order valence-electron chi connectivity index (χ3n) is 7.64. The number of benzene rings is 1. The van der Waals surface area contributed by atoms with Gasteiger partial charge in [-0.05, 0) is 69.3 Å². The van der Waals surface area contributed by atoms with E-state index in [1.807, 2.05) is 55.3 Å². The highest BCUT2D eigenvalue weighted by molar-refractivity contribution is 7.10. The Morgan fingerprint density at radius 2 is 1.65 bits per heavy atom. The van der Waals surface area contributed by atoms with Crippen LogP contribution in [0.4, 0.5) is 10.5 Å². The number of piperazine rings is 1. The SMILES string of the molecule is COC(=O)[C@H](CNC(=O)c1ccc(N2CCN(C3CCN(C(=O)OC(C)(C)C)CC3)CC2)cc1)NC(=O)Cc1cccs1. The predicted octanol–water partition coefficient (Wildman–Crippen LogP) is 2.90. The quantitative estimate of drug-likeness (QED) is 0.415. The minimum absolute atomic E-state index is 0.0813. The summed E-state index contributed by atoms with van der Waals surface area (Å²) in [7, 11) is 1.25. The van der Waals surface area contributed by atoms with Crippen molar-refractivity contribution in [2.45, 2.75) is 57.7 Å². The van der Waals surface area contributed by atoms with E-state index < -0.39 is 17.6 Å². The molecule has 2 aliphatic heterocycles. The van der Waals surface area contributed by atoms with Gasteiger partial charge in [-0.2, -0.15) is 0 Å². The maximum absolute atomic E-state index is 12.8. The lowest BCUT2D eigenvalue weighted by atomic mass is 10.0. The summed E-state index contributed by atoms with van der Waals surface area (Å²) in [5.74, 6) is -1.28. The third kappa shape index (κ3) is 9.42. The molecule has 2 fully saturated rings. The Labute approximate surface area is 257 Å². The van der Waals surface area contributed by atoms with Crippen LogP contribution < -0.4 is 15.5 Å². The molecular weight excluding hydrogens is 570 g/mol. The van der Waals surface area contributed by atoms with Crippen LogP contribution in [0.3, 0.4) is 0 Å². The lowest BCUT2D eigenvalue weighted by Crippen LogP contribution is -2.54. The van der Waals surface area contributed by atoms with Gasteiger partial charge in [-0.3, -0.25) is 14.5 Å². The van der Waals surface area contributed by atoms with Crippen LogP contribution in [0.2, 0.25) is 0 Å². The summed E-state index contributed by atoms with van der Waals surface area (Å²) >= 11 is 1.46. The largest absolute Gasteiger partial charge is 0.467 e. The number of ether oxygens (including phenoxy) is 2. The molecule has 0 radical (unpaired) electrons. The standard InChI is InChI=1S/C31H43N5O6S/c1-31(2,3)42-30(40)36-13-11-24(12-14-36)35-17-15-34(16-18-35)23-9-7-22(8-10-23)28(38)32-21-26(29(39)41-4)33-27(37)20-25-6-5-19-43-25/h5-10,19,24,26H,11-18,20-21H2,1-4H3,(H,32,38)(H,33,37)/t26-/m0/s1. The van der Waals surface area contributed by atoms with Crippen molar-refractivity contribution in [3.05, 3.63) is 52.2 Å². The lowest BCUT2D eigenvalue weighted by Gasteiger charge is -2.43. The number of nitrogens with one attached hydrogen (secondary N) is 2. The smallest absolute Gasteiger partial charge is 0.410 e. The van der Waals surface area contributed by atoms with E-state index in [0.717, 1.165) is 49.6 Å². The molecule has 234 valence electrons. The number of thiophene rings is 1. The number of esters is 1. The van der Waals surface area contributed by atoms with E-state index >= 15 is 0 Å². The van der Waals surface area contributed by atoms with Gasteiger partial charge in [-0.25, -0.2) is 9.59 Å². The number of hydrogen-bond acceptors (Lipinski definition) is 9. The van der Waals surface area contributed by atoms with Crippen LogP contribution in [-0.4, -0.2) is 104 Å². The predicted molar refractivity (Wildman–Crippen MR) is 165 cm³/mol. The van der Waals surface area contributed by atoms with Gasteiger partial charge in [-0.1, -0.05) is 6.07 Å². The van der Waals surface area contributed by atoms with E-state index in [9.17, 15) is 19.2 Å². The van der Waals surface area contributed by atoms with Crippen LogP contribution in [-0.2, 0) is 25.5 Å². The molecule has 1 atom stereocenters. The van der Waals surface area contributed by atoms with Gasteiger partial charge in [0.1, 0.15) is 11.6 Å². The molecule has 1 aromatic heterocycles. The van der Waals surface area contributed by atoms with Crippen molar-refractivity contribution in [3.63, 3.8) is 0 Å². The Bertz CT molecular complexity index is 1230. The molecule has 0 saturated carbocycles. The zero-order chi connectivity index (χ0) is 31.0. The van der Waals surface area contributed by atoms with Crippen molar-refractivity contribution in [2.24, 2.45) is 0 Å². The molecule has 11 nitrogen and oxygen atoms in total. The second kappa shape index (κ2) is 14.7. The van der Waals surface area contributed by atoms with E-state index in [-0.39, 0.29) is 30.9 Å². The van der Waals surface area contributed by atoms with Gasteiger partial charge in [0.05, 0.1) is 13.5 Å². The number of hydrogen-bond donors (Lipinski definition) is 2. The highest BCUT2D eigenvalue weighted by Crippen LogP contribution is 2.23. The maximum Gasteiger partial charge on any atom is 0.410 e. The Morgan fingerprint density at radius 3 is 2.23 bits per heavy atom. The van der Waals surface area contributed by atoms with Crippen molar-refractivity contribution in [1.82, 2.24) is 20.4 Å². The van der Waals surface area contributed by atoms with Gasteiger partial charge in [-0.15, -0.1) is 11.3 Å². The van der Waals surface area contributed by atoms with E-state index in [0.29, 0.717) is 24.7 Å². The zero-order valence-corrected chi connectivity index (χ0v) is 26.3. The molecule has 0 aliphatic carbocycles. The first-order chi connectivity index (χ1) is 20.5. The first kappa shape index (κ1) is 32.3. The summed E-state index contributed by atoms with van der Waals surface area (Å²) in [6.45, 7) is 10.6. The van der Waals surface area contributed by atoms with E-state index in [1.165, 1.54) is 18.4 Å². The average molecular weight is 614 g/mol. The second-order valence-electron chi connectivity index (χ2n) is 11.9. The molecule has 0 unspecified atom stereocenters. The molecule has 2 saturated heterocycles. The highest BCUT2D eigenvalue weighted by atomic mass is 32.1. The minimum Gasteiger partial charge on any atom is -0.467 e. The van der Waals surface area contributed by atoms with E-state index in [1.54, 1.807) is 12.1 Å². The van der Waals surface area contributed by atoms with Crippen LogP contribution in [0, 0.1) is 0 Å². The molecule has 0 spiro atoms. The molecule has 2 N–H and O–H groups in total. The zero-order valence-electron chi connectivity index (χ0n) is 25.5. The van der Waals surface area contributed by atoms with Gasteiger partial charge < -0.3 is 29.9 Å². The number of carbonyl (C=O) groups excluding carboxylic acids is 4.